The zero-order valence-electron chi connectivity index (χ0n) is 7.17. The summed E-state index contributed by atoms with van der Waals surface area (Å²) in [6, 6.07) is 5.91. The molecule has 0 saturated carbocycles. The van der Waals surface area contributed by atoms with E-state index in [-0.39, 0.29) is 11.1 Å². The fourth-order valence-electron chi connectivity index (χ4n) is 0.972. The Hall–Kier alpha value is -1.18. The molecular formula is C10H7BrFNO. The summed E-state index contributed by atoms with van der Waals surface area (Å²) in [6.07, 6.45) is -1.27. The van der Waals surface area contributed by atoms with Gasteiger partial charge in [0.1, 0.15) is 11.9 Å². The van der Waals surface area contributed by atoms with Crippen LogP contribution in [0.1, 0.15) is 11.7 Å². The highest BCUT2D eigenvalue weighted by Crippen LogP contribution is 2.24. The largest absolute Gasteiger partial charge is 0.383 e. The van der Waals surface area contributed by atoms with Crippen molar-refractivity contribution in [3.8, 4) is 6.07 Å². The summed E-state index contributed by atoms with van der Waals surface area (Å²) >= 11 is 3.09. The van der Waals surface area contributed by atoms with E-state index in [0.717, 1.165) is 0 Å². The van der Waals surface area contributed by atoms with Crippen molar-refractivity contribution >= 4 is 15.9 Å². The van der Waals surface area contributed by atoms with Crippen molar-refractivity contribution in [1.29, 1.82) is 5.26 Å². The van der Waals surface area contributed by atoms with Crippen LogP contribution in [-0.2, 0) is 0 Å². The van der Waals surface area contributed by atoms with Crippen LogP contribution in [0.25, 0.3) is 0 Å². The Balaban J connectivity index is 3.09. The molecule has 72 valence electrons. The van der Waals surface area contributed by atoms with Gasteiger partial charge in [0.25, 0.3) is 0 Å². The molecule has 0 radical (unpaired) electrons. The third kappa shape index (κ3) is 2.19. The Morgan fingerprint density at radius 3 is 2.79 bits per heavy atom. The van der Waals surface area contributed by atoms with Crippen LogP contribution in [-0.4, -0.2) is 5.11 Å². The Morgan fingerprint density at radius 2 is 2.29 bits per heavy atom. The Labute approximate surface area is 89.4 Å². The summed E-state index contributed by atoms with van der Waals surface area (Å²) in [5.74, 6) is -0.566. The molecule has 1 aromatic rings. The molecule has 0 saturated heterocycles. The Kier molecular flexibility index (Phi) is 3.39. The molecule has 0 aromatic heterocycles. The zero-order valence-corrected chi connectivity index (χ0v) is 8.75. The van der Waals surface area contributed by atoms with Gasteiger partial charge in [-0.1, -0.05) is 28.6 Å². The number of aliphatic hydroxyl groups excluding tert-OH is 1. The average molecular weight is 256 g/mol. The van der Waals surface area contributed by atoms with Crippen LogP contribution < -0.4 is 0 Å². The van der Waals surface area contributed by atoms with E-state index in [1.54, 1.807) is 12.1 Å². The highest BCUT2D eigenvalue weighted by atomic mass is 79.9. The van der Waals surface area contributed by atoms with Crippen LogP contribution in [0.15, 0.2) is 34.8 Å². The summed E-state index contributed by atoms with van der Waals surface area (Å²) in [7, 11) is 0. The lowest BCUT2D eigenvalue weighted by Crippen LogP contribution is -2.01. The van der Waals surface area contributed by atoms with E-state index in [1.807, 2.05) is 0 Å². The highest BCUT2D eigenvalue weighted by molar-refractivity contribution is 9.10. The molecule has 0 fully saturated rings. The molecule has 1 N–H and O–H groups in total. The van der Waals surface area contributed by atoms with E-state index in [1.165, 1.54) is 12.1 Å². The molecule has 4 heteroatoms. The molecule has 0 amide bonds. The molecule has 1 atom stereocenters. The van der Waals surface area contributed by atoms with Crippen LogP contribution in [0, 0.1) is 17.1 Å². The van der Waals surface area contributed by atoms with Crippen molar-refractivity contribution in [3.05, 3.63) is 46.2 Å². The predicted octanol–water partition coefficient (Wildman–Crippen LogP) is 2.70. The lowest BCUT2D eigenvalue weighted by Gasteiger charge is -2.09. The maximum absolute atomic E-state index is 13.3. The van der Waals surface area contributed by atoms with Gasteiger partial charge < -0.3 is 5.11 Å². The summed E-state index contributed by atoms with van der Waals surface area (Å²) in [4.78, 5) is 0. The average Bonchev–Trinajstić information content (AvgIpc) is 2.15. The molecule has 0 aliphatic heterocycles. The fraction of sp³-hybridized carbons (Fsp3) is 0.100. The van der Waals surface area contributed by atoms with E-state index in [0.29, 0.717) is 4.47 Å². The molecule has 0 aliphatic carbocycles. The molecule has 14 heavy (non-hydrogen) atoms. The van der Waals surface area contributed by atoms with Gasteiger partial charge in [0, 0.05) is 10.0 Å². The third-order valence-electron chi connectivity index (χ3n) is 1.73. The van der Waals surface area contributed by atoms with Crippen molar-refractivity contribution in [2.75, 3.05) is 0 Å². The molecular weight excluding hydrogens is 249 g/mol. The van der Waals surface area contributed by atoms with Gasteiger partial charge in [-0.25, -0.2) is 4.39 Å². The smallest absolute Gasteiger partial charge is 0.130 e. The summed E-state index contributed by atoms with van der Waals surface area (Å²) < 4.78 is 13.8. The van der Waals surface area contributed by atoms with Gasteiger partial charge in [-0.2, -0.15) is 5.26 Å². The molecule has 0 aliphatic rings. The maximum Gasteiger partial charge on any atom is 0.130 e. The van der Waals surface area contributed by atoms with Gasteiger partial charge in [-0.15, -0.1) is 0 Å². The van der Waals surface area contributed by atoms with E-state index in [4.69, 9.17) is 5.26 Å². The second kappa shape index (κ2) is 4.36. The van der Waals surface area contributed by atoms with Gasteiger partial charge in [0.05, 0.1) is 11.6 Å². The molecule has 2 nitrogen and oxygen atoms in total. The van der Waals surface area contributed by atoms with Crippen molar-refractivity contribution in [2.45, 2.75) is 6.10 Å². The summed E-state index contributed by atoms with van der Waals surface area (Å²) in [5.41, 5.74) is -0.0222. The molecule has 1 rings (SSSR count). The second-order valence-corrected chi connectivity index (χ2v) is 3.62. The first kappa shape index (κ1) is 10.9. The fourth-order valence-corrected chi connectivity index (χ4v) is 1.31. The van der Waals surface area contributed by atoms with Gasteiger partial charge >= 0.3 is 0 Å². The van der Waals surface area contributed by atoms with Gasteiger partial charge in [-0.05, 0) is 12.1 Å². The molecule has 1 aromatic carbocycles. The molecule has 0 spiro atoms. The first-order valence-corrected chi connectivity index (χ1v) is 4.57. The monoisotopic (exact) mass is 255 g/mol. The number of aliphatic hydroxyl groups is 1. The van der Waals surface area contributed by atoms with Crippen molar-refractivity contribution < 1.29 is 9.50 Å². The quantitative estimate of drug-likeness (QED) is 0.826. The topological polar surface area (TPSA) is 44.0 Å². The summed E-state index contributed by atoms with van der Waals surface area (Å²) in [5, 5.41) is 18.0. The third-order valence-corrected chi connectivity index (χ3v) is 2.22. The van der Waals surface area contributed by atoms with Gasteiger partial charge in [0.2, 0.25) is 0 Å². The second-order valence-electron chi connectivity index (χ2n) is 2.71. The van der Waals surface area contributed by atoms with Crippen molar-refractivity contribution in [2.24, 2.45) is 0 Å². The molecule has 0 bridgehead atoms. The minimum atomic E-state index is -1.27. The number of hydrogen-bond acceptors (Lipinski definition) is 2. The SMILES string of the molecule is C=C(C#N)C(O)c1ccc(Br)cc1F. The Bertz CT molecular complexity index is 411. The number of nitriles is 1. The van der Waals surface area contributed by atoms with E-state index in [9.17, 15) is 9.50 Å². The van der Waals surface area contributed by atoms with Crippen LogP contribution in [0.2, 0.25) is 0 Å². The zero-order chi connectivity index (χ0) is 10.7. The number of benzene rings is 1. The van der Waals surface area contributed by atoms with Crippen LogP contribution in [0.3, 0.4) is 0 Å². The van der Waals surface area contributed by atoms with E-state index in [2.05, 4.69) is 22.5 Å². The van der Waals surface area contributed by atoms with Gasteiger partial charge in [0.15, 0.2) is 0 Å². The minimum absolute atomic E-state index is 0.0553. The molecule has 1 unspecified atom stereocenters. The number of hydrogen-bond donors (Lipinski definition) is 1. The van der Waals surface area contributed by atoms with E-state index < -0.39 is 11.9 Å². The van der Waals surface area contributed by atoms with Crippen LogP contribution in [0.5, 0.6) is 0 Å². The number of rotatable bonds is 2. The lowest BCUT2D eigenvalue weighted by atomic mass is 10.0. The lowest BCUT2D eigenvalue weighted by molar-refractivity contribution is 0.215. The van der Waals surface area contributed by atoms with Crippen LogP contribution in [0.4, 0.5) is 4.39 Å². The molecule has 0 heterocycles. The first-order chi connectivity index (χ1) is 6.56. The first-order valence-electron chi connectivity index (χ1n) is 3.78. The van der Waals surface area contributed by atoms with Crippen molar-refractivity contribution in [1.82, 2.24) is 0 Å². The standard InChI is InChI=1S/C10H7BrFNO/c1-6(5-13)10(14)8-3-2-7(11)4-9(8)12/h2-4,10,14H,1H2. The van der Waals surface area contributed by atoms with Gasteiger partial charge in [-0.3, -0.25) is 0 Å². The number of halogens is 2. The number of nitrogens with zero attached hydrogens (tertiary/aromatic N) is 1. The Morgan fingerprint density at radius 1 is 1.64 bits per heavy atom. The predicted molar refractivity (Wildman–Crippen MR) is 53.8 cm³/mol. The van der Waals surface area contributed by atoms with E-state index >= 15 is 0 Å². The highest BCUT2D eigenvalue weighted by Gasteiger charge is 2.15. The van der Waals surface area contributed by atoms with Crippen molar-refractivity contribution in [3.63, 3.8) is 0 Å². The maximum atomic E-state index is 13.3. The minimum Gasteiger partial charge on any atom is -0.383 e. The summed E-state index contributed by atoms with van der Waals surface area (Å²) in [6.45, 7) is 3.32. The normalized spacial score (nSPS) is 11.9. The van der Waals surface area contributed by atoms with Crippen LogP contribution >= 0.6 is 15.9 Å².